The van der Waals surface area contributed by atoms with Crippen molar-refractivity contribution < 1.29 is 19.4 Å². The molecule has 1 rings (SSSR count). The number of rotatable bonds is 3. The second kappa shape index (κ2) is 5.09. The van der Waals surface area contributed by atoms with Crippen molar-refractivity contribution in [3.63, 3.8) is 0 Å². The molecule has 0 aromatic rings. The van der Waals surface area contributed by atoms with Crippen molar-refractivity contribution in [2.75, 3.05) is 19.8 Å². The highest BCUT2D eigenvalue weighted by molar-refractivity contribution is 5.84. The summed E-state index contributed by atoms with van der Waals surface area (Å²) in [7, 11) is 0. The lowest BCUT2D eigenvalue weighted by Gasteiger charge is -2.33. The second-order valence-corrected chi connectivity index (χ2v) is 3.70. The number of hydrogen-bond donors (Lipinski definition) is 2. The molecular formula is C9H16N2O4. The van der Waals surface area contributed by atoms with E-state index in [4.69, 9.17) is 15.6 Å². The normalized spacial score (nSPS) is 23.6. The first-order chi connectivity index (χ1) is 7.02. The van der Waals surface area contributed by atoms with Crippen LogP contribution < -0.4 is 5.73 Å². The van der Waals surface area contributed by atoms with Gasteiger partial charge in [-0.15, -0.1) is 0 Å². The first-order valence-corrected chi connectivity index (χ1v) is 4.88. The molecule has 1 amide bonds. The van der Waals surface area contributed by atoms with Crippen LogP contribution >= 0.6 is 0 Å². The number of amides is 1. The van der Waals surface area contributed by atoms with Crippen molar-refractivity contribution in [1.82, 2.24) is 4.90 Å². The summed E-state index contributed by atoms with van der Waals surface area (Å²) in [5, 5.41) is 8.89. The van der Waals surface area contributed by atoms with Gasteiger partial charge in [-0.3, -0.25) is 4.79 Å². The Kier molecular flexibility index (Phi) is 4.05. The molecule has 0 radical (unpaired) electrons. The number of carbonyl (C=O) groups is 2. The fourth-order valence-electron chi connectivity index (χ4n) is 1.50. The fraction of sp³-hybridized carbons (Fsp3) is 0.778. The van der Waals surface area contributed by atoms with Crippen molar-refractivity contribution >= 4 is 11.9 Å². The number of morpholine rings is 1. The Morgan fingerprint density at radius 2 is 2.33 bits per heavy atom. The molecule has 0 aromatic carbocycles. The Hall–Kier alpha value is -1.14. The molecule has 2 atom stereocenters. The maximum absolute atomic E-state index is 11.7. The number of carboxylic acid groups (broad SMARTS) is 1. The average molecular weight is 216 g/mol. The van der Waals surface area contributed by atoms with E-state index in [2.05, 4.69) is 0 Å². The summed E-state index contributed by atoms with van der Waals surface area (Å²) >= 11 is 0. The smallest absolute Gasteiger partial charge is 0.328 e. The monoisotopic (exact) mass is 216 g/mol. The number of hydrogen-bond acceptors (Lipinski definition) is 4. The number of carboxylic acids is 1. The highest BCUT2D eigenvalue weighted by Crippen LogP contribution is 2.09. The van der Waals surface area contributed by atoms with Crippen molar-refractivity contribution in [3.8, 4) is 0 Å². The maximum atomic E-state index is 11.7. The van der Waals surface area contributed by atoms with Gasteiger partial charge in [0.2, 0.25) is 5.91 Å². The highest BCUT2D eigenvalue weighted by Gasteiger charge is 2.32. The van der Waals surface area contributed by atoms with Crippen LogP contribution in [0.3, 0.4) is 0 Å². The lowest BCUT2D eigenvalue weighted by atomic mass is 10.1. The number of nitrogens with two attached hydrogens (primary N) is 1. The van der Waals surface area contributed by atoms with E-state index in [-0.39, 0.29) is 25.0 Å². The number of aliphatic carboxylic acids is 1. The van der Waals surface area contributed by atoms with Crippen LogP contribution in [0, 0.1) is 0 Å². The molecule has 0 saturated carbocycles. The Morgan fingerprint density at radius 1 is 1.67 bits per heavy atom. The third kappa shape index (κ3) is 3.17. The minimum Gasteiger partial charge on any atom is -0.480 e. The molecule has 0 bridgehead atoms. The lowest BCUT2D eigenvalue weighted by molar-refractivity contribution is -0.158. The summed E-state index contributed by atoms with van der Waals surface area (Å²) in [5.41, 5.74) is 5.50. The largest absolute Gasteiger partial charge is 0.480 e. The van der Waals surface area contributed by atoms with Crippen molar-refractivity contribution in [1.29, 1.82) is 0 Å². The highest BCUT2D eigenvalue weighted by atomic mass is 16.5. The van der Waals surface area contributed by atoms with Gasteiger partial charge in [0.1, 0.15) is 0 Å². The van der Waals surface area contributed by atoms with Gasteiger partial charge in [-0.25, -0.2) is 4.79 Å². The zero-order valence-corrected chi connectivity index (χ0v) is 8.68. The molecule has 6 heteroatoms. The minimum atomic E-state index is -1.03. The molecule has 0 aliphatic carbocycles. The van der Waals surface area contributed by atoms with Crippen LogP contribution in [0.2, 0.25) is 0 Å². The molecule has 1 aliphatic rings. The standard InChI is InChI=1S/C9H16N2O4/c1-6(10)4-8(12)11-2-3-15-5-7(11)9(13)14/h6-7H,2-5,10H2,1H3,(H,13,14). The van der Waals surface area contributed by atoms with Gasteiger partial charge in [0.05, 0.1) is 13.2 Å². The predicted molar refractivity (Wildman–Crippen MR) is 52.2 cm³/mol. The average Bonchev–Trinajstić information content (AvgIpc) is 2.16. The first kappa shape index (κ1) is 11.9. The summed E-state index contributed by atoms with van der Waals surface area (Å²) in [6.45, 7) is 2.48. The van der Waals surface area contributed by atoms with Crippen LogP contribution in [0.15, 0.2) is 0 Å². The molecule has 1 aliphatic heterocycles. The maximum Gasteiger partial charge on any atom is 0.328 e. The summed E-state index contributed by atoms with van der Waals surface area (Å²) in [6.07, 6.45) is 0.170. The second-order valence-electron chi connectivity index (χ2n) is 3.70. The molecule has 0 spiro atoms. The first-order valence-electron chi connectivity index (χ1n) is 4.88. The zero-order valence-electron chi connectivity index (χ0n) is 8.68. The van der Waals surface area contributed by atoms with E-state index < -0.39 is 12.0 Å². The lowest BCUT2D eigenvalue weighted by Crippen LogP contribution is -2.53. The zero-order chi connectivity index (χ0) is 11.4. The Balaban J connectivity index is 2.63. The molecule has 15 heavy (non-hydrogen) atoms. The van der Waals surface area contributed by atoms with Gasteiger partial charge in [0.25, 0.3) is 0 Å². The van der Waals surface area contributed by atoms with Gasteiger partial charge >= 0.3 is 5.97 Å². The van der Waals surface area contributed by atoms with Crippen molar-refractivity contribution in [2.24, 2.45) is 5.73 Å². The van der Waals surface area contributed by atoms with Gasteiger partial charge in [0.15, 0.2) is 6.04 Å². The molecule has 0 aromatic heterocycles. The van der Waals surface area contributed by atoms with Crippen molar-refractivity contribution in [3.05, 3.63) is 0 Å². The summed E-state index contributed by atoms with van der Waals surface area (Å²) < 4.78 is 5.02. The Morgan fingerprint density at radius 3 is 2.87 bits per heavy atom. The summed E-state index contributed by atoms with van der Waals surface area (Å²) in [4.78, 5) is 23.8. The third-order valence-corrected chi connectivity index (χ3v) is 2.23. The van der Waals surface area contributed by atoms with E-state index in [0.717, 1.165) is 0 Å². The Bertz CT molecular complexity index is 254. The van der Waals surface area contributed by atoms with Gasteiger partial charge in [-0.2, -0.15) is 0 Å². The molecule has 6 nitrogen and oxygen atoms in total. The van der Waals surface area contributed by atoms with Gasteiger partial charge in [-0.05, 0) is 6.92 Å². The quantitative estimate of drug-likeness (QED) is 0.633. The number of carbonyl (C=O) groups excluding carboxylic acids is 1. The van der Waals surface area contributed by atoms with Gasteiger partial charge in [-0.1, -0.05) is 0 Å². The van der Waals surface area contributed by atoms with Crippen molar-refractivity contribution in [2.45, 2.75) is 25.4 Å². The molecule has 3 N–H and O–H groups in total. The Labute approximate surface area is 88.0 Å². The van der Waals surface area contributed by atoms with Crippen LogP contribution in [0.5, 0.6) is 0 Å². The van der Waals surface area contributed by atoms with E-state index in [1.807, 2.05) is 0 Å². The minimum absolute atomic E-state index is 0.0556. The topological polar surface area (TPSA) is 92.9 Å². The van der Waals surface area contributed by atoms with E-state index >= 15 is 0 Å². The predicted octanol–water partition coefficient (Wildman–Crippen LogP) is -0.964. The molecular weight excluding hydrogens is 200 g/mol. The van der Waals surface area contributed by atoms with Gasteiger partial charge < -0.3 is 20.5 Å². The van der Waals surface area contributed by atoms with Crippen LogP contribution in [0.1, 0.15) is 13.3 Å². The summed E-state index contributed by atoms with van der Waals surface area (Å²) in [5.74, 6) is -1.26. The van der Waals surface area contributed by atoms with Crippen LogP contribution in [-0.4, -0.2) is 53.7 Å². The fourth-order valence-corrected chi connectivity index (χ4v) is 1.50. The van der Waals surface area contributed by atoms with E-state index in [9.17, 15) is 9.59 Å². The summed E-state index contributed by atoms with van der Waals surface area (Å²) in [6, 6.07) is -1.13. The third-order valence-electron chi connectivity index (χ3n) is 2.23. The SMILES string of the molecule is CC(N)CC(=O)N1CCOCC1C(=O)O. The molecule has 86 valence electrons. The molecule has 1 saturated heterocycles. The van der Waals surface area contributed by atoms with Crippen LogP contribution in [-0.2, 0) is 14.3 Å². The molecule has 2 unspecified atom stereocenters. The molecule has 1 fully saturated rings. The number of ether oxygens (including phenoxy) is 1. The van der Waals surface area contributed by atoms with E-state index in [0.29, 0.717) is 13.2 Å². The molecule has 1 heterocycles. The van der Waals surface area contributed by atoms with E-state index in [1.54, 1.807) is 6.92 Å². The van der Waals surface area contributed by atoms with Crippen LogP contribution in [0.4, 0.5) is 0 Å². The van der Waals surface area contributed by atoms with E-state index in [1.165, 1.54) is 4.90 Å². The number of nitrogens with zero attached hydrogens (tertiary/aromatic N) is 1. The van der Waals surface area contributed by atoms with Crippen LogP contribution in [0.25, 0.3) is 0 Å². The van der Waals surface area contributed by atoms with Gasteiger partial charge in [0, 0.05) is 19.0 Å².